The van der Waals surface area contributed by atoms with Crippen LogP contribution in [0.5, 0.6) is 0 Å². The number of aliphatic carboxylic acids is 1. The number of hydrogen-bond acceptors (Lipinski definition) is 6. The molecule has 0 saturated carbocycles. The summed E-state index contributed by atoms with van der Waals surface area (Å²) >= 11 is 1.38. The van der Waals surface area contributed by atoms with Crippen molar-refractivity contribution >= 4 is 29.5 Å². The lowest BCUT2D eigenvalue weighted by atomic mass is 9.96. The first-order chi connectivity index (χ1) is 13.2. The summed E-state index contributed by atoms with van der Waals surface area (Å²) in [5.41, 5.74) is 1.41. The zero-order valence-corrected chi connectivity index (χ0v) is 16.3. The maximum absolute atomic E-state index is 12.9. The molecule has 28 heavy (non-hydrogen) atoms. The summed E-state index contributed by atoms with van der Waals surface area (Å²) < 4.78 is 4.57. The fourth-order valence-electron chi connectivity index (χ4n) is 3.79. The van der Waals surface area contributed by atoms with E-state index in [-0.39, 0.29) is 11.5 Å². The molecule has 8 nitrogen and oxygen atoms in total. The Morgan fingerprint density at radius 2 is 1.96 bits per heavy atom. The van der Waals surface area contributed by atoms with E-state index in [0.717, 1.165) is 5.56 Å². The SMILES string of the molecule is Cc1onc(-[13c]2[13cH][13cH][13cH][13cH][13cH]2)c1C(=O)N[C@@H]1C(=O)N2[C@@H]1SC(C)(C)[C@@H]2C(=O)O. The van der Waals surface area contributed by atoms with Crippen LogP contribution in [0.25, 0.3) is 11.3 Å². The van der Waals surface area contributed by atoms with E-state index >= 15 is 0 Å². The Morgan fingerprint density at radius 1 is 1.29 bits per heavy atom. The molecule has 1 aromatic carbocycles. The first-order valence-electron chi connectivity index (χ1n) is 8.77. The summed E-state index contributed by atoms with van der Waals surface area (Å²) in [5, 5.41) is 15.8. The molecular formula is C19H19N3O5S. The molecule has 2 aromatic rings. The third-order valence-corrected chi connectivity index (χ3v) is 6.67. The van der Waals surface area contributed by atoms with Crippen LogP contribution in [-0.4, -0.2) is 55.2 Å². The minimum absolute atomic E-state index is 0.273. The Bertz CT molecular complexity index is 971. The van der Waals surface area contributed by atoms with Crippen molar-refractivity contribution in [3.63, 3.8) is 0 Å². The topological polar surface area (TPSA) is 113 Å². The molecule has 0 bridgehead atoms. The van der Waals surface area contributed by atoms with Gasteiger partial charge in [0, 0.05) is 10.3 Å². The van der Waals surface area contributed by atoms with Gasteiger partial charge in [0.1, 0.15) is 34.5 Å². The number of hydrogen-bond donors (Lipinski definition) is 2. The molecule has 0 unspecified atom stereocenters. The lowest BCUT2D eigenvalue weighted by molar-refractivity contribution is -0.159. The molecule has 146 valence electrons. The zero-order valence-electron chi connectivity index (χ0n) is 15.5. The van der Waals surface area contributed by atoms with Gasteiger partial charge in [0.15, 0.2) is 0 Å². The first-order valence-corrected chi connectivity index (χ1v) is 9.65. The number of carboxylic acids is 1. The average molecular weight is 407 g/mol. The van der Waals surface area contributed by atoms with Crippen molar-refractivity contribution in [2.45, 2.75) is 43.0 Å². The summed E-state index contributed by atoms with van der Waals surface area (Å²) in [5.74, 6) is -1.55. The quantitative estimate of drug-likeness (QED) is 0.744. The van der Waals surface area contributed by atoms with Crippen LogP contribution in [0.15, 0.2) is 34.9 Å². The highest BCUT2D eigenvalue weighted by Crippen LogP contribution is 2.50. The Balaban J connectivity index is 1.58. The van der Waals surface area contributed by atoms with E-state index in [1.165, 1.54) is 16.7 Å². The fraction of sp³-hybridized carbons (Fsp3) is 0.368. The van der Waals surface area contributed by atoms with Gasteiger partial charge in [-0.2, -0.15) is 0 Å². The number of carboxylic acid groups (broad SMARTS) is 1. The van der Waals surface area contributed by atoms with Crippen LogP contribution < -0.4 is 5.32 Å². The zero-order chi connectivity index (χ0) is 20.2. The van der Waals surface area contributed by atoms with Crippen molar-refractivity contribution in [2.75, 3.05) is 0 Å². The summed E-state index contributed by atoms with van der Waals surface area (Å²) in [6.07, 6.45) is 0. The minimum Gasteiger partial charge on any atom is -0.480 e. The van der Waals surface area contributed by atoms with Crippen molar-refractivity contribution in [1.82, 2.24) is 15.4 Å². The number of thioether (sulfide) groups is 1. The smallest absolute Gasteiger partial charge is 0.327 e. The van der Waals surface area contributed by atoms with Crippen LogP contribution in [0.1, 0.15) is 30.0 Å². The number of aryl methyl sites for hydroxylation is 1. The molecule has 3 heterocycles. The van der Waals surface area contributed by atoms with Crippen molar-refractivity contribution < 1.29 is 24.0 Å². The third-order valence-electron chi connectivity index (χ3n) is 5.10. The van der Waals surface area contributed by atoms with Crippen molar-refractivity contribution in [3.05, 3.63) is 41.7 Å². The molecule has 0 spiro atoms. The van der Waals surface area contributed by atoms with Gasteiger partial charge in [-0.15, -0.1) is 11.8 Å². The maximum atomic E-state index is 12.9. The largest absolute Gasteiger partial charge is 0.480 e. The van der Waals surface area contributed by atoms with Gasteiger partial charge < -0.3 is 19.8 Å². The number of benzene rings is 1. The van der Waals surface area contributed by atoms with Crippen LogP contribution in [0, 0.1) is 6.92 Å². The molecule has 4 rings (SSSR count). The van der Waals surface area contributed by atoms with E-state index in [1.807, 2.05) is 30.3 Å². The van der Waals surface area contributed by atoms with Gasteiger partial charge in [-0.3, -0.25) is 9.59 Å². The molecule has 2 fully saturated rings. The number of β-lactam (4-membered cyclic amide) rings is 1. The molecule has 9 heteroatoms. The predicted molar refractivity (Wildman–Crippen MR) is 102 cm³/mol. The number of carbonyl (C=O) groups excluding carboxylic acids is 2. The van der Waals surface area contributed by atoms with E-state index in [2.05, 4.69) is 10.5 Å². The van der Waals surface area contributed by atoms with Gasteiger partial charge in [-0.05, 0) is 20.8 Å². The van der Waals surface area contributed by atoms with Crippen molar-refractivity contribution in [2.24, 2.45) is 0 Å². The van der Waals surface area contributed by atoms with Crippen LogP contribution in [0.3, 0.4) is 0 Å². The molecule has 2 amide bonds. The summed E-state index contributed by atoms with van der Waals surface area (Å²) in [6, 6.07) is 7.46. The van der Waals surface area contributed by atoms with Gasteiger partial charge in [-0.1, -0.05) is 35.5 Å². The Kier molecular flexibility index (Phi) is 4.22. The van der Waals surface area contributed by atoms with Crippen LogP contribution >= 0.6 is 11.8 Å². The monoisotopic (exact) mass is 407 g/mol. The number of nitrogens with zero attached hydrogens (tertiary/aromatic N) is 2. The van der Waals surface area contributed by atoms with E-state index in [4.69, 9.17) is 4.52 Å². The molecule has 1 aromatic heterocycles. The lowest BCUT2D eigenvalue weighted by Crippen LogP contribution is -2.70. The molecule has 0 radical (unpaired) electrons. The average Bonchev–Trinajstić information content (AvgIpc) is 3.15. The highest BCUT2D eigenvalue weighted by atomic mass is 32.2. The number of nitrogens with one attached hydrogen (secondary N) is 1. The predicted octanol–water partition coefficient (Wildman–Crippen LogP) is 1.90. The normalized spacial score (nSPS) is 25.2. The Hall–Kier alpha value is -2.81. The number of carbonyl (C=O) groups is 3. The van der Waals surface area contributed by atoms with E-state index in [1.54, 1.807) is 20.8 Å². The molecule has 2 N–H and O–H groups in total. The second-order valence-electron chi connectivity index (χ2n) is 7.38. The number of rotatable bonds is 4. The van der Waals surface area contributed by atoms with Crippen LogP contribution in [0.4, 0.5) is 0 Å². The summed E-state index contributed by atoms with van der Waals surface area (Å²) in [4.78, 5) is 38.5. The van der Waals surface area contributed by atoms with Gasteiger partial charge in [0.2, 0.25) is 5.91 Å². The standard InChI is InChI=1S/C19H19N3O5S/c1-9-11(12(21-27-9)10-7-5-4-6-8-10)15(23)20-13-16(24)22-14(18(25)26)19(2,3)28-17(13)22/h4-8,13-14,17H,1-3H3,(H,20,23)(H,25,26)/t13-,14+,17-/m1/s1/i4+1,5+1,6+1,7+1,8+1,10+1. The van der Waals surface area contributed by atoms with Crippen LogP contribution in [0.2, 0.25) is 0 Å². The Morgan fingerprint density at radius 3 is 2.61 bits per heavy atom. The number of amides is 2. The molecule has 2 saturated heterocycles. The van der Waals surface area contributed by atoms with Crippen molar-refractivity contribution in [1.29, 1.82) is 0 Å². The highest BCUT2D eigenvalue weighted by molar-refractivity contribution is 8.01. The Labute approximate surface area is 165 Å². The minimum atomic E-state index is -1.04. The molecule has 0 aliphatic carbocycles. The number of fused-ring (bicyclic) bond motifs is 1. The second kappa shape index (κ2) is 6.37. The molecule has 3 atom stereocenters. The first kappa shape index (κ1) is 18.5. The summed E-state index contributed by atoms with van der Waals surface area (Å²) in [6.45, 7) is 5.22. The van der Waals surface area contributed by atoms with Crippen LogP contribution in [-0.2, 0) is 9.59 Å². The van der Waals surface area contributed by atoms with Gasteiger partial charge in [-0.25, -0.2) is 4.79 Å². The number of aromatic nitrogens is 1. The van der Waals surface area contributed by atoms with E-state index in [0.29, 0.717) is 11.5 Å². The maximum Gasteiger partial charge on any atom is 0.327 e. The molecule has 2 aliphatic heterocycles. The fourth-order valence-corrected chi connectivity index (χ4v) is 5.42. The second-order valence-corrected chi connectivity index (χ2v) is 9.15. The third kappa shape index (κ3) is 2.69. The highest BCUT2D eigenvalue weighted by Gasteiger charge is 2.64. The summed E-state index contributed by atoms with van der Waals surface area (Å²) in [7, 11) is 0. The van der Waals surface area contributed by atoms with Gasteiger partial charge in [0.05, 0.1) is 0 Å². The molecular weight excluding hydrogens is 388 g/mol. The van der Waals surface area contributed by atoms with Gasteiger partial charge >= 0.3 is 5.97 Å². The molecule has 2 aliphatic rings. The van der Waals surface area contributed by atoms with E-state index in [9.17, 15) is 19.5 Å². The van der Waals surface area contributed by atoms with Gasteiger partial charge in [0.25, 0.3) is 5.91 Å². The lowest BCUT2D eigenvalue weighted by Gasteiger charge is -2.43. The van der Waals surface area contributed by atoms with E-state index < -0.39 is 34.1 Å². The van der Waals surface area contributed by atoms with Crippen molar-refractivity contribution in [3.8, 4) is 11.3 Å².